The summed E-state index contributed by atoms with van der Waals surface area (Å²) in [5, 5.41) is 2.74. The number of rotatable bonds is 7. The van der Waals surface area contributed by atoms with Crippen molar-refractivity contribution in [2.45, 2.75) is 0 Å². The van der Waals surface area contributed by atoms with Gasteiger partial charge in [0.25, 0.3) is 0 Å². The van der Waals surface area contributed by atoms with E-state index in [-0.39, 0.29) is 24.9 Å². The largest absolute Gasteiger partial charge is 0.492 e. The fourth-order valence-electron chi connectivity index (χ4n) is 2.30. The van der Waals surface area contributed by atoms with Crippen molar-refractivity contribution >= 4 is 22.9 Å². The van der Waals surface area contributed by atoms with E-state index in [4.69, 9.17) is 4.74 Å². The highest BCUT2D eigenvalue weighted by atomic mass is 19.1. The lowest BCUT2D eigenvalue weighted by Crippen LogP contribution is -2.37. The lowest BCUT2D eigenvalue weighted by Gasteiger charge is -2.17. The fourth-order valence-corrected chi connectivity index (χ4v) is 2.30. The average molecular weight is 344 g/mol. The highest BCUT2D eigenvalue weighted by molar-refractivity contribution is 5.86. The topological polar surface area (TPSA) is 96.0 Å². The SMILES string of the molecule is CN(CC(=O)NCCOc1cccc(F)c1)c1ncnc2nc[nH]c12. The van der Waals surface area contributed by atoms with Crippen LogP contribution in [-0.4, -0.2) is 52.6 Å². The van der Waals surface area contributed by atoms with Gasteiger partial charge in [-0.05, 0) is 12.1 Å². The first-order valence-electron chi connectivity index (χ1n) is 7.64. The number of likely N-dealkylation sites (N-methyl/N-ethyl adjacent to an activating group) is 1. The van der Waals surface area contributed by atoms with Crippen molar-refractivity contribution in [2.75, 3.05) is 31.6 Å². The number of H-pyrrole nitrogens is 1. The zero-order valence-electron chi connectivity index (χ0n) is 13.6. The standard InChI is InChI=1S/C16H17FN6O2/c1-23(16-14-15(20-9-19-14)21-10-22-16)8-13(24)18-5-6-25-12-4-2-3-11(17)7-12/h2-4,7,9-10H,5-6,8H2,1H3,(H,18,24)(H,19,20,21,22). The molecular formula is C16H17FN6O2. The maximum absolute atomic E-state index is 13.0. The molecular weight excluding hydrogens is 327 g/mol. The van der Waals surface area contributed by atoms with E-state index >= 15 is 0 Å². The number of aromatic amines is 1. The molecule has 2 aromatic heterocycles. The van der Waals surface area contributed by atoms with Crippen molar-refractivity contribution in [1.82, 2.24) is 25.3 Å². The molecule has 0 bridgehead atoms. The van der Waals surface area contributed by atoms with Crippen LogP contribution in [0.3, 0.4) is 0 Å². The van der Waals surface area contributed by atoms with Crippen molar-refractivity contribution in [1.29, 1.82) is 0 Å². The maximum atomic E-state index is 13.0. The van der Waals surface area contributed by atoms with Crippen molar-refractivity contribution in [3.8, 4) is 5.75 Å². The highest BCUT2D eigenvalue weighted by Crippen LogP contribution is 2.17. The Bertz CT molecular complexity index is 868. The van der Waals surface area contributed by atoms with E-state index < -0.39 is 0 Å². The van der Waals surface area contributed by atoms with E-state index in [1.54, 1.807) is 24.1 Å². The second kappa shape index (κ2) is 7.56. The molecule has 9 heteroatoms. The van der Waals surface area contributed by atoms with E-state index in [9.17, 15) is 9.18 Å². The monoisotopic (exact) mass is 344 g/mol. The van der Waals surface area contributed by atoms with Gasteiger partial charge >= 0.3 is 0 Å². The number of aromatic nitrogens is 4. The Kier molecular flexibility index (Phi) is 5.03. The number of ether oxygens (including phenoxy) is 1. The number of anilines is 1. The van der Waals surface area contributed by atoms with Crippen molar-refractivity contribution in [3.05, 3.63) is 42.7 Å². The molecule has 0 unspecified atom stereocenters. The third-order valence-corrected chi connectivity index (χ3v) is 3.43. The number of amides is 1. The first-order valence-corrected chi connectivity index (χ1v) is 7.64. The van der Waals surface area contributed by atoms with E-state index in [1.807, 2.05) is 0 Å². The molecule has 8 nitrogen and oxygen atoms in total. The van der Waals surface area contributed by atoms with Gasteiger partial charge in [-0.3, -0.25) is 4.79 Å². The molecule has 3 aromatic rings. The number of hydrogen-bond acceptors (Lipinski definition) is 6. The third-order valence-electron chi connectivity index (χ3n) is 3.43. The molecule has 130 valence electrons. The van der Waals surface area contributed by atoms with Gasteiger partial charge < -0.3 is 19.9 Å². The smallest absolute Gasteiger partial charge is 0.239 e. The molecule has 0 saturated carbocycles. The minimum Gasteiger partial charge on any atom is -0.492 e. The molecule has 25 heavy (non-hydrogen) atoms. The van der Waals surface area contributed by atoms with Crippen LogP contribution < -0.4 is 15.0 Å². The lowest BCUT2D eigenvalue weighted by atomic mass is 10.3. The summed E-state index contributed by atoms with van der Waals surface area (Å²) in [6.07, 6.45) is 2.93. The van der Waals surface area contributed by atoms with Crippen LogP contribution in [0.4, 0.5) is 10.2 Å². The minimum atomic E-state index is -0.363. The van der Waals surface area contributed by atoms with Crippen LogP contribution in [0.25, 0.3) is 11.2 Å². The number of nitrogens with zero attached hydrogens (tertiary/aromatic N) is 4. The van der Waals surface area contributed by atoms with E-state index in [1.165, 1.54) is 24.8 Å². The zero-order valence-corrected chi connectivity index (χ0v) is 13.6. The van der Waals surface area contributed by atoms with Crippen molar-refractivity contribution in [2.24, 2.45) is 0 Å². The maximum Gasteiger partial charge on any atom is 0.239 e. The molecule has 0 spiro atoms. The molecule has 0 saturated heterocycles. The van der Waals surface area contributed by atoms with E-state index in [0.717, 1.165) is 0 Å². The number of benzene rings is 1. The van der Waals surface area contributed by atoms with Crippen LogP contribution in [0.1, 0.15) is 0 Å². The Morgan fingerprint density at radius 2 is 2.24 bits per heavy atom. The zero-order chi connectivity index (χ0) is 17.6. The summed E-state index contributed by atoms with van der Waals surface area (Å²) < 4.78 is 18.4. The van der Waals surface area contributed by atoms with Crippen LogP contribution in [0.2, 0.25) is 0 Å². The van der Waals surface area contributed by atoms with Gasteiger partial charge in [-0.15, -0.1) is 0 Å². The van der Waals surface area contributed by atoms with Crippen molar-refractivity contribution < 1.29 is 13.9 Å². The summed E-state index contributed by atoms with van der Waals surface area (Å²) in [6.45, 7) is 0.675. The van der Waals surface area contributed by atoms with E-state index in [0.29, 0.717) is 29.3 Å². The fraction of sp³-hybridized carbons (Fsp3) is 0.250. The molecule has 1 amide bonds. The average Bonchev–Trinajstić information content (AvgIpc) is 3.07. The molecule has 0 aliphatic carbocycles. The number of hydrogen-bond donors (Lipinski definition) is 2. The van der Waals surface area contributed by atoms with Gasteiger partial charge in [0.15, 0.2) is 11.5 Å². The van der Waals surface area contributed by atoms with Gasteiger partial charge in [0, 0.05) is 13.1 Å². The van der Waals surface area contributed by atoms with Gasteiger partial charge in [-0.25, -0.2) is 19.3 Å². The molecule has 0 aliphatic heterocycles. The normalized spacial score (nSPS) is 10.6. The summed E-state index contributed by atoms with van der Waals surface area (Å²) in [5.41, 5.74) is 1.22. The second-order valence-corrected chi connectivity index (χ2v) is 5.31. The molecule has 0 radical (unpaired) electrons. The molecule has 2 N–H and O–H groups in total. The minimum absolute atomic E-state index is 0.116. The van der Waals surface area contributed by atoms with Gasteiger partial charge in [0.2, 0.25) is 5.91 Å². The summed E-state index contributed by atoms with van der Waals surface area (Å²) in [4.78, 5) is 29.0. The number of halogens is 1. The summed E-state index contributed by atoms with van der Waals surface area (Å²) in [7, 11) is 1.76. The molecule has 0 aliphatic rings. The first-order chi connectivity index (χ1) is 12.1. The molecule has 0 atom stereocenters. The summed E-state index contributed by atoms with van der Waals surface area (Å²) in [5.74, 6) is 0.470. The van der Waals surface area contributed by atoms with Gasteiger partial charge in [0.05, 0.1) is 19.4 Å². The Balaban J connectivity index is 1.47. The van der Waals surface area contributed by atoms with Crippen LogP contribution in [0.15, 0.2) is 36.9 Å². The lowest BCUT2D eigenvalue weighted by molar-refractivity contribution is -0.119. The number of imidazole rings is 1. The predicted octanol–water partition coefficient (Wildman–Crippen LogP) is 1.12. The molecule has 1 aromatic carbocycles. The Morgan fingerprint density at radius 3 is 3.08 bits per heavy atom. The number of carbonyl (C=O) groups is 1. The number of carbonyl (C=O) groups excluding carboxylic acids is 1. The second-order valence-electron chi connectivity index (χ2n) is 5.31. The van der Waals surface area contributed by atoms with Gasteiger partial charge in [-0.2, -0.15) is 0 Å². The number of nitrogens with one attached hydrogen (secondary N) is 2. The van der Waals surface area contributed by atoms with Gasteiger partial charge in [0.1, 0.15) is 30.0 Å². The van der Waals surface area contributed by atoms with Crippen LogP contribution in [0.5, 0.6) is 5.75 Å². The third kappa shape index (κ3) is 4.19. The molecule has 2 heterocycles. The van der Waals surface area contributed by atoms with Gasteiger partial charge in [-0.1, -0.05) is 6.07 Å². The predicted molar refractivity (Wildman–Crippen MR) is 89.9 cm³/mol. The molecule has 3 rings (SSSR count). The summed E-state index contributed by atoms with van der Waals surface area (Å²) in [6, 6.07) is 5.86. The highest BCUT2D eigenvalue weighted by Gasteiger charge is 2.13. The van der Waals surface area contributed by atoms with Crippen molar-refractivity contribution in [3.63, 3.8) is 0 Å². The number of fused-ring (bicyclic) bond motifs is 1. The Labute approximate surface area is 143 Å². The molecule has 0 fully saturated rings. The van der Waals surface area contributed by atoms with Crippen LogP contribution in [0, 0.1) is 5.82 Å². The van der Waals surface area contributed by atoms with E-state index in [2.05, 4.69) is 25.3 Å². The van der Waals surface area contributed by atoms with Crippen LogP contribution in [-0.2, 0) is 4.79 Å². The summed E-state index contributed by atoms with van der Waals surface area (Å²) >= 11 is 0. The first kappa shape index (κ1) is 16.6. The Morgan fingerprint density at radius 1 is 1.36 bits per heavy atom. The Hall–Kier alpha value is -3.23. The van der Waals surface area contributed by atoms with Crippen LogP contribution >= 0.6 is 0 Å². The quantitative estimate of drug-likeness (QED) is 0.624.